The van der Waals surface area contributed by atoms with E-state index >= 15 is 0 Å². The molecule has 1 atom stereocenters. The van der Waals surface area contributed by atoms with E-state index in [-0.39, 0.29) is 24.8 Å². The maximum absolute atomic E-state index is 12.6. The van der Waals surface area contributed by atoms with Crippen molar-refractivity contribution < 1.29 is 14.4 Å². The second-order valence-corrected chi connectivity index (χ2v) is 7.84. The molecule has 1 aliphatic carbocycles. The summed E-state index contributed by atoms with van der Waals surface area (Å²) in [4.78, 5) is 39.8. The molecule has 2 aliphatic heterocycles. The van der Waals surface area contributed by atoms with Gasteiger partial charge in [0.15, 0.2) is 0 Å². The molecule has 1 aromatic heterocycles. The van der Waals surface area contributed by atoms with E-state index in [4.69, 9.17) is 0 Å². The van der Waals surface area contributed by atoms with E-state index < -0.39 is 12.1 Å². The highest BCUT2D eigenvalue weighted by Gasteiger charge is 2.30. The molecule has 3 fully saturated rings. The van der Waals surface area contributed by atoms with E-state index in [1.54, 1.807) is 6.20 Å². The van der Waals surface area contributed by atoms with Crippen LogP contribution >= 0.6 is 0 Å². The summed E-state index contributed by atoms with van der Waals surface area (Å²) in [6, 6.07) is -0.441. The smallest absolute Gasteiger partial charge is 0.322 e. The standard InChI is InChI=1S/C18H27N7O3/c26-16(24-8-6-23(7-9-24)14-4-2-1-3-5-14)12-25-11-13(21-22-25)10-15-17(27)20-18(28)19-15/h11,14-15H,1-10,12H2,(H2,19,20,27,28)/t15-/m0/s1. The predicted molar refractivity (Wildman–Crippen MR) is 99.2 cm³/mol. The highest BCUT2D eigenvalue weighted by molar-refractivity contribution is 6.04. The highest BCUT2D eigenvalue weighted by atomic mass is 16.2. The van der Waals surface area contributed by atoms with Gasteiger partial charge in [-0.3, -0.25) is 19.8 Å². The summed E-state index contributed by atoms with van der Waals surface area (Å²) < 4.78 is 1.50. The predicted octanol–water partition coefficient (Wildman–Crippen LogP) is -0.494. The summed E-state index contributed by atoms with van der Waals surface area (Å²) in [6.45, 7) is 3.53. The third-order valence-corrected chi connectivity index (χ3v) is 5.91. The molecule has 0 spiro atoms. The number of aromatic nitrogens is 3. The molecule has 2 saturated heterocycles. The molecule has 0 bridgehead atoms. The molecule has 1 saturated carbocycles. The minimum Gasteiger partial charge on any atom is -0.339 e. The van der Waals surface area contributed by atoms with E-state index in [2.05, 4.69) is 25.8 Å². The molecule has 2 N–H and O–H groups in total. The summed E-state index contributed by atoms with van der Waals surface area (Å²) >= 11 is 0. The van der Waals surface area contributed by atoms with Gasteiger partial charge in [-0.1, -0.05) is 24.5 Å². The number of urea groups is 1. The lowest BCUT2D eigenvalue weighted by Crippen LogP contribution is -2.52. The van der Waals surface area contributed by atoms with Crippen molar-refractivity contribution in [3.05, 3.63) is 11.9 Å². The molecule has 4 amide bonds. The molecule has 0 aromatic carbocycles. The third kappa shape index (κ3) is 4.32. The number of nitrogens with zero attached hydrogens (tertiary/aromatic N) is 5. The second-order valence-electron chi connectivity index (χ2n) is 7.84. The zero-order valence-electron chi connectivity index (χ0n) is 16.0. The Morgan fingerprint density at radius 2 is 1.86 bits per heavy atom. The number of rotatable bonds is 5. The number of hydrogen-bond donors (Lipinski definition) is 2. The van der Waals surface area contributed by atoms with Gasteiger partial charge in [0.25, 0.3) is 5.91 Å². The first-order chi connectivity index (χ1) is 13.6. The fourth-order valence-electron chi connectivity index (χ4n) is 4.34. The Bertz CT molecular complexity index is 735. The van der Waals surface area contributed by atoms with Crippen LogP contribution in [-0.2, 0) is 22.6 Å². The molecule has 4 rings (SSSR count). The quantitative estimate of drug-likeness (QED) is 0.657. The zero-order chi connectivity index (χ0) is 19.5. The Labute approximate surface area is 163 Å². The first-order valence-electron chi connectivity index (χ1n) is 10.1. The van der Waals surface area contributed by atoms with E-state index in [0.717, 1.165) is 26.2 Å². The lowest BCUT2D eigenvalue weighted by molar-refractivity contribution is -0.134. The SMILES string of the molecule is O=C1NC(=O)[C@H](Cc2cn(CC(=O)N3CCN(C4CCCCC4)CC3)nn2)N1. The number of hydrogen-bond acceptors (Lipinski definition) is 6. The van der Waals surface area contributed by atoms with Gasteiger partial charge in [-0.2, -0.15) is 0 Å². The van der Waals surface area contributed by atoms with Crippen LogP contribution in [0, 0.1) is 0 Å². The van der Waals surface area contributed by atoms with Crippen LogP contribution in [0.1, 0.15) is 37.8 Å². The van der Waals surface area contributed by atoms with Crippen LogP contribution < -0.4 is 10.6 Å². The monoisotopic (exact) mass is 389 g/mol. The van der Waals surface area contributed by atoms with Crippen molar-refractivity contribution in [2.75, 3.05) is 26.2 Å². The van der Waals surface area contributed by atoms with Crippen molar-refractivity contribution in [2.45, 2.75) is 57.2 Å². The minimum atomic E-state index is -0.638. The van der Waals surface area contributed by atoms with Gasteiger partial charge in [-0.05, 0) is 12.8 Å². The lowest BCUT2D eigenvalue weighted by Gasteiger charge is -2.40. The van der Waals surface area contributed by atoms with Crippen LogP contribution in [0.4, 0.5) is 4.79 Å². The van der Waals surface area contributed by atoms with Gasteiger partial charge in [0.2, 0.25) is 5.91 Å². The number of imide groups is 1. The van der Waals surface area contributed by atoms with Crippen molar-refractivity contribution in [3.8, 4) is 0 Å². The van der Waals surface area contributed by atoms with E-state index in [0.29, 0.717) is 11.7 Å². The topological polar surface area (TPSA) is 112 Å². The molecule has 3 heterocycles. The molecule has 10 nitrogen and oxygen atoms in total. The van der Waals surface area contributed by atoms with Crippen LogP contribution in [0.15, 0.2) is 6.20 Å². The van der Waals surface area contributed by atoms with E-state index in [1.807, 2.05) is 4.90 Å². The average Bonchev–Trinajstić information content (AvgIpc) is 3.28. The largest absolute Gasteiger partial charge is 0.339 e. The summed E-state index contributed by atoms with van der Waals surface area (Å²) in [5, 5.41) is 12.7. The van der Waals surface area contributed by atoms with E-state index in [1.165, 1.54) is 36.8 Å². The molecule has 152 valence electrons. The molecular formula is C18H27N7O3. The number of carbonyl (C=O) groups is 3. The molecule has 3 aliphatic rings. The van der Waals surface area contributed by atoms with Crippen molar-refractivity contribution >= 4 is 17.8 Å². The Hall–Kier alpha value is -2.49. The number of nitrogens with one attached hydrogen (secondary N) is 2. The van der Waals surface area contributed by atoms with Crippen molar-refractivity contribution in [2.24, 2.45) is 0 Å². The maximum Gasteiger partial charge on any atom is 0.322 e. The maximum atomic E-state index is 12.6. The Kier molecular flexibility index (Phi) is 5.56. The van der Waals surface area contributed by atoms with Crippen LogP contribution in [0.5, 0.6) is 0 Å². The highest BCUT2D eigenvalue weighted by Crippen LogP contribution is 2.23. The lowest BCUT2D eigenvalue weighted by atomic mass is 9.94. The molecule has 0 unspecified atom stereocenters. The minimum absolute atomic E-state index is 0.0339. The van der Waals surface area contributed by atoms with Gasteiger partial charge in [0.05, 0.1) is 5.69 Å². The first-order valence-corrected chi connectivity index (χ1v) is 10.1. The van der Waals surface area contributed by atoms with Crippen LogP contribution in [0.2, 0.25) is 0 Å². The first kappa shape index (κ1) is 18.9. The second kappa shape index (κ2) is 8.26. The molecule has 0 radical (unpaired) electrons. The average molecular weight is 389 g/mol. The molecular weight excluding hydrogens is 362 g/mol. The molecule has 28 heavy (non-hydrogen) atoms. The van der Waals surface area contributed by atoms with Crippen LogP contribution in [0.3, 0.4) is 0 Å². The van der Waals surface area contributed by atoms with Crippen LogP contribution in [0.25, 0.3) is 0 Å². The molecule has 10 heteroatoms. The number of carbonyl (C=O) groups excluding carboxylic acids is 3. The summed E-state index contributed by atoms with van der Waals surface area (Å²) in [7, 11) is 0. The van der Waals surface area contributed by atoms with Gasteiger partial charge < -0.3 is 10.2 Å². The Balaban J connectivity index is 1.25. The van der Waals surface area contributed by atoms with Crippen molar-refractivity contribution in [3.63, 3.8) is 0 Å². The summed E-state index contributed by atoms with van der Waals surface area (Å²) in [5.74, 6) is -0.335. The van der Waals surface area contributed by atoms with E-state index in [9.17, 15) is 14.4 Å². The Morgan fingerprint density at radius 1 is 1.11 bits per heavy atom. The summed E-state index contributed by atoms with van der Waals surface area (Å²) in [6.07, 6.45) is 8.49. The molecule has 1 aromatic rings. The fourth-order valence-corrected chi connectivity index (χ4v) is 4.34. The third-order valence-electron chi connectivity index (χ3n) is 5.91. The van der Waals surface area contributed by atoms with Crippen molar-refractivity contribution in [1.82, 2.24) is 35.4 Å². The number of piperazine rings is 1. The number of amides is 4. The summed E-state index contributed by atoms with van der Waals surface area (Å²) in [5.41, 5.74) is 0.567. The van der Waals surface area contributed by atoms with Crippen molar-refractivity contribution in [1.29, 1.82) is 0 Å². The van der Waals surface area contributed by atoms with Gasteiger partial charge in [0.1, 0.15) is 12.6 Å². The normalized spacial score (nSPS) is 24.3. The Morgan fingerprint density at radius 3 is 2.54 bits per heavy atom. The fraction of sp³-hybridized carbons (Fsp3) is 0.722. The van der Waals surface area contributed by atoms with Gasteiger partial charge in [-0.25, -0.2) is 9.48 Å². The van der Waals surface area contributed by atoms with Gasteiger partial charge >= 0.3 is 6.03 Å². The zero-order valence-corrected chi connectivity index (χ0v) is 16.0. The van der Waals surface area contributed by atoms with Crippen LogP contribution in [-0.4, -0.2) is 80.9 Å². The van der Waals surface area contributed by atoms with Gasteiger partial charge in [-0.15, -0.1) is 5.10 Å². The van der Waals surface area contributed by atoms with Gasteiger partial charge in [0, 0.05) is 44.8 Å².